The van der Waals surface area contributed by atoms with Crippen molar-refractivity contribution in [1.29, 1.82) is 0 Å². The van der Waals surface area contributed by atoms with Gasteiger partial charge in [-0.05, 0) is 73.3 Å². The van der Waals surface area contributed by atoms with Crippen molar-refractivity contribution in [3.63, 3.8) is 0 Å². The minimum atomic E-state index is -0.660. The van der Waals surface area contributed by atoms with Gasteiger partial charge in [-0.3, -0.25) is 4.79 Å². The number of alkyl carbamates (subject to hydrolysis) is 1. The zero-order chi connectivity index (χ0) is 20.9. The molecular weight excluding hydrogens is 360 g/mol. The normalized spacial score (nSPS) is 20.8. The molecule has 1 heterocycles. The first-order valence-electron chi connectivity index (χ1n) is 9.80. The van der Waals surface area contributed by atoms with Crippen LogP contribution in [-0.4, -0.2) is 45.8 Å². The van der Waals surface area contributed by atoms with Gasteiger partial charge < -0.3 is 20.1 Å². The maximum absolute atomic E-state index is 12.3. The summed E-state index contributed by atoms with van der Waals surface area (Å²) >= 11 is 0. The fraction of sp³-hybridized carbons (Fsp3) is 0.700. The van der Waals surface area contributed by atoms with Crippen LogP contribution in [0.5, 0.6) is 6.01 Å². The summed E-state index contributed by atoms with van der Waals surface area (Å²) in [6.45, 7) is 10.8. The second-order valence-corrected chi connectivity index (χ2v) is 8.40. The molecule has 1 unspecified atom stereocenters. The molecule has 1 fully saturated rings. The van der Waals surface area contributed by atoms with Gasteiger partial charge >= 0.3 is 12.1 Å². The Bertz CT molecular complexity index is 674. The number of aryl methyl sites for hydroxylation is 2. The number of carbonyl (C=O) groups is 2. The maximum Gasteiger partial charge on any atom is 0.408 e. The van der Waals surface area contributed by atoms with Crippen LogP contribution in [0.25, 0.3) is 0 Å². The van der Waals surface area contributed by atoms with E-state index < -0.39 is 17.7 Å². The standard InChI is InChI=1S/C20H32N4O4/c1-12-11-13(2)22-18(21-12)27-16-9-7-15(8-10-16)24-17(25)14(3)23-19(26)28-20(4,5)6/h11,14-16H,7-10H2,1-6H3,(H,23,26)(H,24,25). The topological polar surface area (TPSA) is 102 Å². The number of hydrogen-bond acceptors (Lipinski definition) is 6. The lowest BCUT2D eigenvalue weighted by atomic mass is 9.93. The molecular formula is C20H32N4O4. The van der Waals surface area contributed by atoms with E-state index in [0.717, 1.165) is 37.1 Å². The summed E-state index contributed by atoms with van der Waals surface area (Å²) in [5.41, 5.74) is 1.17. The molecule has 2 rings (SSSR count). The zero-order valence-electron chi connectivity index (χ0n) is 17.7. The third-order valence-electron chi connectivity index (χ3n) is 4.38. The molecule has 8 heteroatoms. The van der Waals surface area contributed by atoms with E-state index in [4.69, 9.17) is 9.47 Å². The number of rotatable bonds is 5. The fourth-order valence-electron chi connectivity index (χ4n) is 3.10. The minimum absolute atomic E-state index is 0.0478. The van der Waals surface area contributed by atoms with Gasteiger partial charge in [-0.25, -0.2) is 14.8 Å². The van der Waals surface area contributed by atoms with E-state index in [9.17, 15) is 9.59 Å². The molecule has 2 amide bonds. The Labute approximate surface area is 166 Å². The van der Waals surface area contributed by atoms with E-state index >= 15 is 0 Å². The highest BCUT2D eigenvalue weighted by Crippen LogP contribution is 2.22. The maximum atomic E-state index is 12.3. The fourth-order valence-corrected chi connectivity index (χ4v) is 3.10. The number of nitrogens with zero attached hydrogens (tertiary/aromatic N) is 2. The van der Waals surface area contributed by atoms with Crippen LogP contribution in [0.4, 0.5) is 4.79 Å². The Morgan fingerprint density at radius 3 is 2.21 bits per heavy atom. The summed E-state index contributed by atoms with van der Waals surface area (Å²) in [6.07, 6.45) is 2.69. The first-order valence-corrected chi connectivity index (χ1v) is 9.80. The lowest BCUT2D eigenvalue weighted by Crippen LogP contribution is -2.50. The summed E-state index contributed by atoms with van der Waals surface area (Å²) in [5.74, 6) is -0.215. The van der Waals surface area contributed by atoms with Crippen molar-refractivity contribution in [2.75, 3.05) is 0 Å². The first kappa shape index (κ1) is 21.9. The summed E-state index contributed by atoms with van der Waals surface area (Å²) in [7, 11) is 0. The van der Waals surface area contributed by atoms with Crippen molar-refractivity contribution in [2.24, 2.45) is 0 Å². The van der Waals surface area contributed by atoms with Gasteiger partial charge in [0.2, 0.25) is 5.91 Å². The number of ether oxygens (including phenoxy) is 2. The molecule has 1 atom stereocenters. The third kappa shape index (κ3) is 7.32. The predicted octanol–water partition coefficient (Wildman–Crippen LogP) is 2.81. The quantitative estimate of drug-likeness (QED) is 0.799. The van der Waals surface area contributed by atoms with E-state index in [-0.39, 0.29) is 18.1 Å². The molecule has 8 nitrogen and oxygen atoms in total. The first-order chi connectivity index (χ1) is 13.0. The Hall–Kier alpha value is -2.38. The Morgan fingerprint density at radius 2 is 1.68 bits per heavy atom. The van der Waals surface area contributed by atoms with Gasteiger partial charge in [0.25, 0.3) is 0 Å². The molecule has 1 aliphatic rings. The van der Waals surface area contributed by atoms with E-state index in [1.54, 1.807) is 27.7 Å². The zero-order valence-corrected chi connectivity index (χ0v) is 17.7. The molecule has 1 aliphatic carbocycles. The van der Waals surface area contributed by atoms with Crippen molar-refractivity contribution in [1.82, 2.24) is 20.6 Å². The predicted molar refractivity (Wildman–Crippen MR) is 105 cm³/mol. The van der Waals surface area contributed by atoms with Crippen molar-refractivity contribution in [2.45, 2.75) is 91.0 Å². The van der Waals surface area contributed by atoms with Gasteiger partial charge in [0.1, 0.15) is 17.7 Å². The molecule has 1 aromatic heterocycles. The van der Waals surface area contributed by atoms with Crippen LogP contribution < -0.4 is 15.4 Å². The highest BCUT2D eigenvalue weighted by atomic mass is 16.6. The Kier molecular flexibility index (Phi) is 7.21. The highest BCUT2D eigenvalue weighted by Gasteiger charge is 2.27. The highest BCUT2D eigenvalue weighted by molar-refractivity contribution is 5.85. The van der Waals surface area contributed by atoms with E-state index in [1.165, 1.54) is 0 Å². The van der Waals surface area contributed by atoms with Crippen molar-refractivity contribution in [3.05, 3.63) is 17.5 Å². The number of hydrogen-bond donors (Lipinski definition) is 2. The largest absolute Gasteiger partial charge is 0.460 e. The molecule has 28 heavy (non-hydrogen) atoms. The van der Waals surface area contributed by atoms with E-state index in [0.29, 0.717) is 6.01 Å². The molecule has 1 aromatic rings. The summed E-state index contributed by atoms with van der Waals surface area (Å²) in [4.78, 5) is 32.7. The summed E-state index contributed by atoms with van der Waals surface area (Å²) < 4.78 is 11.1. The number of nitrogens with one attached hydrogen (secondary N) is 2. The molecule has 0 aliphatic heterocycles. The van der Waals surface area contributed by atoms with Crippen molar-refractivity contribution in [3.8, 4) is 6.01 Å². The summed E-state index contributed by atoms with van der Waals surface area (Å²) in [6, 6.07) is 1.73. The Balaban J connectivity index is 1.75. The van der Waals surface area contributed by atoms with Crippen LogP contribution in [0.3, 0.4) is 0 Å². The van der Waals surface area contributed by atoms with Gasteiger partial charge in [-0.1, -0.05) is 0 Å². The van der Waals surface area contributed by atoms with Gasteiger partial charge in [-0.15, -0.1) is 0 Å². The molecule has 0 aromatic carbocycles. The average Bonchev–Trinajstić information content (AvgIpc) is 2.53. The van der Waals surface area contributed by atoms with Gasteiger partial charge in [0.05, 0.1) is 0 Å². The van der Waals surface area contributed by atoms with E-state index in [1.807, 2.05) is 19.9 Å². The molecule has 0 bridgehead atoms. The van der Waals surface area contributed by atoms with Crippen LogP contribution in [0.1, 0.15) is 64.8 Å². The summed E-state index contributed by atoms with van der Waals surface area (Å²) in [5, 5.41) is 5.56. The van der Waals surface area contributed by atoms with Crippen LogP contribution in [-0.2, 0) is 9.53 Å². The molecule has 0 saturated heterocycles. The lowest BCUT2D eigenvalue weighted by Gasteiger charge is -2.30. The van der Waals surface area contributed by atoms with E-state index in [2.05, 4.69) is 20.6 Å². The van der Waals surface area contributed by atoms with Crippen LogP contribution in [0, 0.1) is 13.8 Å². The van der Waals surface area contributed by atoms with Crippen molar-refractivity contribution >= 4 is 12.0 Å². The molecule has 1 saturated carbocycles. The average molecular weight is 393 g/mol. The van der Waals surface area contributed by atoms with Gasteiger partial charge in [0.15, 0.2) is 0 Å². The Morgan fingerprint density at radius 1 is 1.11 bits per heavy atom. The SMILES string of the molecule is Cc1cc(C)nc(OC2CCC(NC(=O)C(C)NC(=O)OC(C)(C)C)CC2)n1. The van der Waals surface area contributed by atoms with Crippen molar-refractivity contribution < 1.29 is 19.1 Å². The van der Waals surface area contributed by atoms with Crippen LogP contribution in [0.15, 0.2) is 6.07 Å². The lowest BCUT2D eigenvalue weighted by molar-refractivity contribution is -0.123. The molecule has 2 N–H and O–H groups in total. The second kappa shape index (κ2) is 9.21. The molecule has 156 valence electrons. The third-order valence-corrected chi connectivity index (χ3v) is 4.38. The molecule has 0 spiro atoms. The minimum Gasteiger partial charge on any atom is -0.460 e. The second-order valence-electron chi connectivity index (χ2n) is 8.40. The smallest absolute Gasteiger partial charge is 0.408 e. The number of amides is 2. The number of carbonyl (C=O) groups excluding carboxylic acids is 2. The van der Waals surface area contributed by atoms with Gasteiger partial charge in [-0.2, -0.15) is 0 Å². The van der Waals surface area contributed by atoms with Crippen LogP contribution in [0.2, 0.25) is 0 Å². The molecule has 0 radical (unpaired) electrons. The van der Waals surface area contributed by atoms with Gasteiger partial charge in [0, 0.05) is 17.4 Å². The monoisotopic (exact) mass is 392 g/mol. The number of aromatic nitrogens is 2. The van der Waals surface area contributed by atoms with Crippen LogP contribution >= 0.6 is 0 Å².